The number of aryl methyl sites for hydroxylation is 1. The molecule has 0 aliphatic carbocycles. The third-order valence-corrected chi connectivity index (χ3v) is 6.26. The van der Waals surface area contributed by atoms with E-state index in [9.17, 15) is 14.0 Å². The van der Waals surface area contributed by atoms with E-state index in [0.717, 1.165) is 17.0 Å². The Hall–Kier alpha value is -3.62. The molecule has 0 aromatic heterocycles. The number of amides is 3. The molecule has 166 valence electrons. The maximum absolute atomic E-state index is 13.4. The monoisotopic (exact) mass is 437 g/mol. The second kappa shape index (κ2) is 7.51. The van der Waals surface area contributed by atoms with E-state index in [1.165, 1.54) is 21.9 Å². The molecule has 2 unspecified atom stereocenters. The molecule has 0 saturated carbocycles. The first kappa shape index (κ1) is 20.3. The number of urea groups is 1. The molecule has 0 bridgehead atoms. The van der Waals surface area contributed by atoms with Crippen LogP contribution in [0.25, 0.3) is 0 Å². The molecule has 5 rings (SSSR count). The summed E-state index contributed by atoms with van der Waals surface area (Å²) in [7, 11) is 3.29. The van der Waals surface area contributed by atoms with Crippen LogP contribution < -0.4 is 9.64 Å². The predicted octanol–water partition coefficient (Wildman–Crippen LogP) is 2.42. The van der Waals surface area contributed by atoms with Crippen molar-refractivity contribution in [3.63, 3.8) is 0 Å². The number of anilines is 1. The zero-order valence-corrected chi connectivity index (χ0v) is 18.2. The Morgan fingerprint density at radius 2 is 1.88 bits per heavy atom. The Morgan fingerprint density at radius 3 is 2.59 bits per heavy atom. The van der Waals surface area contributed by atoms with Crippen molar-refractivity contribution in [2.75, 3.05) is 32.1 Å². The van der Waals surface area contributed by atoms with Crippen molar-refractivity contribution in [3.8, 4) is 5.75 Å². The van der Waals surface area contributed by atoms with Crippen LogP contribution in [-0.4, -0.2) is 72.1 Å². The molecule has 3 amide bonds. The molecule has 3 heterocycles. The second-order valence-electron chi connectivity index (χ2n) is 8.25. The lowest BCUT2D eigenvalue weighted by Gasteiger charge is -2.40. The SMILES string of the molecule is COc1ccc(C)cc1N1CCN2C1=NC1C2C(=O)N(Cc2ccc(F)cc2)C(=O)N1C. The number of methoxy groups -OCH3 is 1. The lowest BCUT2D eigenvalue weighted by Crippen LogP contribution is -2.64. The number of ether oxygens (including phenoxy) is 1. The summed E-state index contributed by atoms with van der Waals surface area (Å²) in [6, 6.07) is 10.7. The molecule has 32 heavy (non-hydrogen) atoms. The minimum atomic E-state index is -0.590. The number of fused-ring (bicyclic) bond motifs is 3. The van der Waals surface area contributed by atoms with Gasteiger partial charge in [-0.25, -0.2) is 14.2 Å². The highest BCUT2D eigenvalue weighted by atomic mass is 19.1. The van der Waals surface area contributed by atoms with Crippen LogP contribution in [0.1, 0.15) is 11.1 Å². The molecular formula is C23H24FN5O3. The number of hydrogen-bond acceptors (Lipinski definition) is 6. The molecular weight excluding hydrogens is 413 g/mol. The Kier molecular flexibility index (Phi) is 4.76. The number of rotatable bonds is 4. The van der Waals surface area contributed by atoms with Gasteiger partial charge in [0.25, 0.3) is 5.91 Å². The summed E-state index contributed by atoms with van der Waals surface area (Å²) in [6.07, 6.45) is -0.590. The maximum atomic E-state index is 13.4. The average molecular weight is 437 g/mol. The molecule has 0 radical (unpaired) electrons. The maximum Gasteiger partial charge on any atom is 0.328 e. The van der Waals surface area contributed by atoms with Gasteiger partial charge in [0.05, 0.1) is 19.3 Å². The summed E-state index contributed by atoms with van der Waals surface area (Å²) in [6.45, 7) is 3.36. The second-order valence-corrected chi connectivity index (χ2v) is 8.25. The van der Waals surface area contributed by atoms with Gasteiger partial charge in [-0.3, -0.25) is 9.69 Å². The van der Waals surface area contributed by atoms with Crippen molar-refractivity contribution in [1.29, 1.82) is 0 Å². The van der Waals surface area contributed by atoms with Crippen molar-refractivity contribution in [3.05, 3.63) is 59.4 Å². The van der Waals surface area contributed by atoms with Crippen LogP contribution in [0.5, 0.6) is 5.75 Å². The van der Waals surface area contributed by atoms with Gasteiger partial charge in [-0.05, 0) is 42.3 Å². The summed E-state index contributed by atoms with van der Waals surface area (Å²) in [5.74, 6) is 0.739. The van der Waals surface area contributed by atoms with Gasteiger partial charge in [-0.2, -0.15) is 0 Å². The number of hydrogen-bond donors (Lipinski definition) is 0. The predicted molar refractivity (Wildman–Crippen MR) is 117 cm³/mol. The van der Waals surface area contributed by atoms with Crippen LogP contribution in [0.4, 0.5) is 14.9 Å². The number of imide groups is 1. The van der Waals surface area contributed by atoms with Crippen LogP contribution in [0.15, 0.2) is 47.5 Å². The minimum absolute atomic E-state index is 0.0874. The first-order valence-electron chi connectivity index (χ1n) is 10.5. The molecule has 8 nitrogen and oxygen atoms in total. The van der Waals surface area contributed by atoms with Gasteiger partial charge < -0.3 is 19.4 Å². The number of guanidine groups is 1. The highest BCUT2D eigenvalue weighted by Crippen LogP contribution is 2.37. The first-order chi connectivity index (χ1) is 15.4. The lowest BCUT2D eigenvalue weighted by molar-refractivity contribution is -0.137. The molecule has 2 atom stereocenters. The van der Waals surface area contributed by atoms with E-state index >= 15 is 0 Å². The number of nitrogens with zero attached hydrogens (tertiary/aromatic N) is 5. The molecule has 2 aromatic rings. The zero-order valence-electron chi connectivity index (χ0n) is 18.2. The van der Waals surface area contributed by atoms with E-state index in [0.29, 0.717) is 24.6 Å². The highest BCUT2D eigenvalue weighted by molar-refractivity contribution is 6.08. The average Bonchev–Trinajstić information content (AvgIpc) is 3.36. The third kappa shape index (κ3) is 3.07. The highest BCUT2D eigenvalue weighted by Gasteiger charge is 2.54. The van der Waals surface area contributed by atoms with Crippen LogP contribution >= 0.6 is 0 Å². The fourth-order valence-corrected chi connectivity index (χ4v) is 4.59. The fraction of sp³-hybridized carbons (Fsp3) is 0.348. The summed E-state index contributed by atoms with van der Waals surface area (Å²) in [5, 5.41) is 0. The smallest absolute Gasteiger partial charge is 0.328 e. The van der Waals surface area contributed by atoms with Crippen molar-refractivity contribution in [2.24, 2.45) is 4.99 Å². The van der Waals surface area contributed by atoms with E-state index in [1.54, 1.807) is 26.3 Å². The van der Waals surface area contributed by atoms with E-state index in [-0.39, 0.29) is 18.3 Å². The van der Waals surface area contributed by atoms with E-state index in [4.69, 9.17) is 9.73 Å². The van der Waals surface area contributed by atoms with Crippen LogP contribution in [0.3, 0.4) is 0 Å². The largest absolute Gasteiger partial charge is 0.495 e. The minimum Gasteiger partial charge on any atom is -0.495 e. The normalized spacial score (nSPS) is 22.3. The van der Waals surface area contributed by atoms with Gasteiger partial charge in [-0.1, -0.05) is 18.2 Å². The summed E-state index contributed by atoms with van der Waals surface area (Å²) in [4.78, 5) is 38.0. The fourth-order valence-electron chi connectivity index (χ4n) is 4.59. The summed E-state index contributed by atoms with van der Waals surface area (Å²) in [5.41, 5.74) is 2.66. The van der Waals surface area contributed by atoms with Gasteiger partial charge in [0, 0.05) is 20.1 Å². The number of benzene rings is 2. The Bertz CT molecular complexity index is 1120. The molecule has 2 fully saturated rings. The lowest BCUT2D eigenvalue weighted by atomic mass is 10.1. The van der Waals surface area contributed by atoms with Gasteiger partial charge in [0.1, 0.15) is 11.6 Å². The molecule has 3 aliphatic rings. The summed E-state index contributed by atoms with van der Waals surface area (Å²) >= 11 is 0. The summed E-state index contributed by atoms with van der Waals surface area (Å²) < 4.78 is 18.8. The van der Waals surface area contributed by atoms with E-state index in [2.05, 4.69) is 0 Å². The van der Waals surface area contributed by atoms with Crippen molar-refractivity contribution in [2.45, 2.75) is 25.7 Å². The first-order valence-corrected chi connectivity index (χ1v) is 10.5. The van der Waals surface area contributed by atoms with Crippen molar-refractivity contribution < 1.29 is 18.7 Å². The number of likely N-dealkylation sites (N-methyl/N-ethyl adjacent to an activating group) is 1. The van der Waals surface area contributed by atoms with Crippen LogP contribution in [-0.2, 0) is 11.3 Å². The molecule has 3 aliphatic heterocycles. The Labute approximate surface area is 185 Å². The molecule has 0 spiro atoms. The molecule has 9 heteroatoms. The molecule has 0 N–H and O–H groups in total. The van der Waals surface area contributed by atoms with E-state index in [1.807, 2.05) is 34.9 Å². The number of halogens is 1. The van der Waals surface area contributed by atoms with Crippen LogP contribution in [0.2, 0.25) is 0 Å². The number of aliphatic imine (C=N–C) groups is 1. The number of carbonyl (C=O) groups excluding carboxylic acids is 2. The quantitative estimate of drug-likeness (QED) is 0.735. The van der Waals surface area contributed by atoms with E-state index < -0.39 is 18.2 Å². The van der Waals surface area contributed by atoms with Crippen molar-refractivity contribution in [1.82, 2.24) is 14.7 Å². The molecule has 2 aromatic carbocycles. The Morgan fingerprint density at radius 1 is 1.12 bits per heavy atom. The Balaban J connectivity index is 1.45. The zero-order chi connectivity index (χ0) is 22.6. The van der Waals surface area contributed by atoms with Gasteiger partial charge >= 0.3 is 6.03 Å². The van der Waals surface area contributed by atoms with Crippen LogP contribution in [0, 0.1) is 12.7 Å². The van der Waals surface area contributed by atoms with Gasteiger partial charge in [-0.15, -0.1) is 0 Å². The van der Waals surface area contributed by atoms with Crippen molar-refractivity contribution >= 4 is 23.6 Å². The third-order valence-electron chi connectivity index (χ3n) is 6.26. The number of carbonyl (C=O) groups is 2. The standard InChI is InChI=1S/C23H24FN5O3/c1-14-4-9-18(32-3)17(12-14)27-10-11-28-19-20(25-22(27)28)26(2)23(31)29(21(19)30)13-15-5-7-16(24)8-6-15/h4-9,12,19-20H,10-11,13H2,1-3H3. The topological polar surface area (TPSA) is 68.7 Å². The van der Waals surface area contributed by atoms with Gasteiger partial charge in [0.2, 0.25) is 5.96 Å². The molecule has 2 saturated heterocycles. The van der Waals surface area contributed by atoms with Gasteiger partial charge in [0.15, 0.2) is 12.2 Å².